The number of anilines is 1. The molecule has 3 aromatic rings. The van der Waals surface area contributed by atoms with E-state index in [1.165, 1.54) is 6.07 Å². The lowest BCUT2D eigenvalue weighted by molar-refractivity contribution is -0.123. The van der Waals surface area contributed by atoms with E-state index in [4.69, 9.17) is 5.11 Å². The first-order valence-corrected chi connectivity index (χ1v) is 7.42. The Morgan fingerprint density at radius 1 is 1.08 bits per heavy atom. The highest BCUT2D eigenvalue weighted by Crippen LogP contribution is 2.20. The van der Waals surface area contributed by atoms with Gasteiger partial charge >= 0.3 is 5.97 Å². The van der Waals surface area contributed by atoms with Crippen molar-refractivity contribution in [3.63, 3.8) is 0 Å². The number of hydrogen-bond acceptors (Lipinski definition) is 3. The second-order valence-electron chi connectivity index (χ2n) is 5.48. The predicted octanol–water partition coefficient (Wildman–Crippen LogP) is 2.41. The van der Waals surface area contributed by atoms with Gasteiger partial charge in [0.2, 0.25) is 0 Å². The summed E-state index contributed by atoms with van der Waals surface area (Å²) in [5, 5.41) is 22.3. The highest BCUT2D eigenvalue weighted by atomic mass is 16.4. The Labute approximate surface area is 137 Å². The third-order valence-electron chi connectivity index (χ3n) is 3.69. The van der Waals surface area contributed by atoms with Crippen molar-refractivity contribution < 1.29 is 19.8 Å². The Kier molecular flexibility index (Phi) is 4.31. The molecule has 1 aromatic heterocycles. The van der Waals surface area contributed by atoms with Crippen molar-refractivity contribution in [2.24, 2.45) is 0 Å². The van der Waals surface area contributed by atoms with Crippen LogP contribution in [-0.4, -0.2) is 33.2 Å². The maximum atomic E-state index is 12.1. The minimum absolute atomic E-state index is 0.0811. The standard InChI is InChI=1S/C18H16N2O4/c21-16(8-11-4-2-1-3-5-11)17(22)19-13-6-7-14-12(9-13)10-15(20-14)18(23)24/h1-7,9-10,16,20-21H,8H2,(H,19,22)(H,23,24)/t16-/m1/s1. The maximum absolute atomic E-state index is 12.1. The molecule has 1 atom stereocenters. The smallest absolute Gasteiger partial charge is 0.352 e. The summed E-state index contributed by atoms with van der Waals surface area (Å²) in [7, 11) is 0. The molecular formula is C18H16N2O4. The van der Waals surface area contributed by atoms with Crippen molar-refractivity contribution in [1.82, 2.24) is 4.98 Å². The van der Waals surface area contributed by atoms with E-state index in [9.17, 15) is 14.7 Å². The van der Waals surface area contributed by atoms with E-state index in [2.05, 4.69) is 10.3 Å². The van der Waals surface area contributed by atoms with E-state index < -0.39 is 18.0 Å². The lowest BCUT2D eigenvalue weighted by atomic mass is 10.1. The number of nitrogens with one attached hydrogen (secondary N) is 2. The number of aliphatic hydroxyl groups excluding tert-OH is 1. The molecular weight excluding hydrogens is 308 g/mol. The normalized spacial score (nSPS) is 12.0. The molecule has 0 spiro atoms. The summed E-state index contributed by atoms with van der Waals surface area (Å²) in [5.41, 5.74) is 2.11. The Morgan fingerprint density at radius 3 is 2.54 bits per heavy atom. The van der Waals surface area contributed by atoms with Crippen molar-refractivity contribution in [2.75, 3.05) is 5.32 Å². The van der Waals surface area contributed by atoms with Crippen molar-refractivity contribution >= 4 is 28.5 Å². The fraction of sp³-hybridized carbons (Fsp3) is 0.111. The van der Waals surface area contributed by atoms with E-state index in [1.54, 1.807) is 18.2 Å². The number of aliphatic hydroxyl groups is 1. The topological polar surface area (TPSA) is 102 Å². The molecule has 4 N–H and O–H groups in total. The van der Waals surface area contributed by atoms with Gasteiger partial charge < -0.3 is 20.5 Å². The SMILES string of the molecule is O=C(O)c1cc2cc(NC(=O)[C@H](O)Cc3ccccc3)ccc2[nH]1. The molecule has 24 heavy (non-hydrogen) atoms. The predicted molar refractivity (Wildman–Crippen MR) is 90.0 cm³/mol. The second-order valence-corrected chi connectivity index (χ2v) is 5.48. The first-order chi connectivity index (χ1) is 11.5. The molecule has 0 saturated carbocycles. The van der Waals surface area contributed by atoms with Crippen LogP contribution in [0.25, 0.3) is 10.9 Å². The minimum Gasteiger partial charge on any atom is -0.477 e. The average molecular weight is 324 g/mol. The lowest BCUT2D eigenvalue weighted by Crippen LogP contribution is -2.29. The molecule has 0 aliphatic heterocycles. The van der Waals surface area contributed by atoms with E-state index in [1.807, 2.05) is 30.3 Å². The van der Waals surface area contributed by atoms with Gasteiger partial charge in [-0.1, -0.05) is 30.3 Å². The van der Waals surface area contributed by atoms with Gasteiger partial charge in [-0.2, -0.15) is 0 Å². The van der Waals surface area contributed by atoms with Gasteiger partial charge in [-0.25, -0.2) is 4.79 Å². The van der Waals surface area contributed by atoms with Crippen LogP contribution in [-0.2, 0) is 11.2 Å². The average Bonchev–Trinajstić information content (AvgIpc) is 2.99. The first-order valence-electron chi connectivity index (χ1n) is 7.42. The van der Waals surface area contributed by atoms with E-state index in [0.29, 0.717) is 16.6 Å². The number of fused-ring (bicyclic) bond motifs is 1. The van der Waals surface area contributed by atoms with Crippen LogP contribution in [0.3, 0.4) is 0 Å². The monoisotopic (exact) mass is 324 g/mol. The van der Waals surface area contributed by atoms with Crippen LogP contribution in [0.2, 0.25) is 0 Å². The number of benzene rings is 2. The molecule has 0 aliphatic carbocycles. The number of aromatic nitrogens is 1. The first kappa shape index (κ1) is 15.8. The van der Waals surface area contributed by atoms with Gasteiger partial charge in [0.1, 0.15) is 11.8 Å². The quantitative estimate of drug-likeness (QED) is 0.579. The zero-order chi connectivity index (χ0) is 17.1. The number of aromatic amines is 1. The molecule has 0 radical (unpaired) electrons. The Morgan fingerprint density at radius 2 is 1.83 bits per heavy atom. The molecule has 2 aromatic carbocycles. The number of carboxylic acid groups (broad SMARTS) is 1. The third kappa shape index (κ3) is 3.44. The van der Waals surface area contributed by atoms with Crippen molar-refractivity contribution in [1.29, 1.82) is 0 Å². The molecule has 0 bridgehead atoms. The number of carboxylic acids is 1. The molecule has 3 rings (SSSR count). The van der Waals surface area contributed by atoms with Gasteiger partial charge in [0.15, 0.2) is 0 Å². The zero-order valence-electron chi connectivity index (χ0n) is 12.7. The number of rotatable bonds is 5. The highest BCUT2D eigenvalue weighted by molar-refractivity contribution is 5.98. The van der Waals surface area contributed by atoms with Crippen LogP contribution in [0.5, 0.6) is 0 Å². The number of amides is 1. The molecule has 1 heterocycles. The minimum atomic E-state index is -1.16. The lowest BCUT2D eigenvalue weighted by Gasteiger charge is -2.11. The summed E-state index contributed by atoms with van der Waals surface area (Å²) in [6, 6.07) is 15.7. The van der Waals surface area contributed by atoms with Crippen LogP contribution < -0.4 is 5.32 Å². The summed E-state index contributed by atoms with van der Waals surface area (Å²) >= 11 is 0. The van der Waals surface area contributed by atoms with Crippen molar-refractivity contribution in [3.05, 3.63) is 65.9 Å². The third-order valence-corrected chi connectivity index (χ3v) is 3.69. The Hall–Kier alpha value is -3.12. The zero-order valence-corrected chi connectivity index (χ0v) is 12.7. The number of H-pyrrole nitrogens is 1. The van der Waals surface area contributed by atoms with Crippen LogP contribution in [0.4, 0.5) is 5.69 Å². The summed E-state index contributed by atoms with van der Waals surface area (Å²) in [6.45, 7) is 0. The molecule has 0 fully saturated rings. The number of hydrogen-bond donors (Lipinski definition) is 4. The van der Waals surface area contributed by atoms with Gasteiger partial charge in [0, 0.05) is 23.0 Å². The fourth-order valence-corrected chi connectivity index (χ4v) is 2.48. The van der Waals surface area contributed by atoms with Crippen LogP contribution in [0.15, 0.2) is 54.6 Å². The molecule has 6 nitrogen and oxygen atoms in total. The molecule has 1 amide bonds. The summed E-state index contributed by atoms with van der Waals surface area (Å²) in [5.74, 6) is -1.55. The Balaban J connectivity index is 1.71. The summed E-state index contributed by atoms with van der Waals surface area (Å²) in [6.07, 6.45) is -0.939. The van der Waals surface area contributed by atoms with Crippen molar-refractivity contribution in [3.8, 4) is 0 Å². The molecule has 122 valence electrons. The largest absolute Gasteiger partial charge is 0.477 e. The van der Waals surface area contributed by atoms with Crippen LogP contribution in [0, 0.1) is 0 Å². The molecule has 0 saturated heterocycles. The van der Waals surface area contributed by atoms with Crippen molar-refractivity contribution in [2.45, 2.75) is 12.5 Å². The molecule has 0 aliphatic rings. The summed E-state index contributed by atoms with van der Waals surface area (Å²) < 4.78 is 0. The summed E-state index contributed by atoms with van der Waals surface area (Å²) in [4.78, 5) is 25.8. The second kappa shape index (κ2) is 6.55. The van der Waals surface area contributed by atoms with Gasteiger partial charge in [0.05, 0.1) is 0 Å². The highest BCUT2D eigenvalue weighted by Gasteiger charge is 2.16. The van der Waals surface area contributed by atoms with Crippen LogP contribution in [0.1, 0.15) is 16.1 Å². The van der Waals surface area contributed by atoms with E-state index in [0.717, 1.165) is 5.56 Å². The fourth-order valence-electron chi connectivity index (χ4n) is 2.48. The Bertz CT molecular complexity index is 886. The van der Waals surface area contributed by atoms with Gasteiger partial charge in [-0.15, -0.1) is 0 Å². The van der Waals surface area contributed by atoms with Gasteiger partial charge in [-0.3, -0.25) is 4.79 Å². The molecule has 6 heteroatoms. The maximum Gasteiger partial charge on any atom is 0.352 e. The number of carbonyl (C=O) groups is 2. The van der Waals surface area contributed by atoms with Crippen LogP contribution >= 0.6 is 0 Å². The number of carbonyl (C=O) groups excluding carboxylic acids is 1. The van der Waals surface area contributed by atoms with E-state index >= 15 is 0 Å². The van der Waals surface area contributed by atoms with Gasteiger partial charge in [0.25, 0.3) is 5.91 Å². The molecule has 0 unspecified atom stereocenters. The number of aromatic carboxylic acids is 1. The van der Waals surface area contributed by atoms with Gasteiger partial charge in [-0.05, 0) is 29.8 Å². The van der Waals surface area contributed by atoms with E-state index in [-0.39, 0.29) is 12.1 Å².